The molecule has 0 spiro atoms. The van der Waals surface area contributed by atoms with Gasteiger partial charge in [-0.25, -0.2) is 4.98 Å². The first-order valence-corrected chi connectivity index (χ1v) is 6.16. The monoisotopic (exact) mass is 254 g/mol. The van der Waals surface area contributed by atoms with Crippen molar-refractivity contribution < 1.29 is 4.74 Å². The molecule has 0 saturated carbocycles. The van der Waals surface area contributed by atoms with E-state index in [4.69, 9.17) is 4.74 Å². The van der Waals surface area contributed by atoms with Crippen molar-refractivity contribution in [1.82, 2.24) is 20.0 Å². The van der Waals surface area contributed by atoms with Crippen molar-refractivity contribution in [2.24, 2.45) is 0 Å². The minimum atomic E-state index is 0.725. The Labute approximate surface area is 110 Å². The Bertz CT molecular complexity index is 707. The summed E-state index contributed by atoms with van der Waals surface area (Å²) in [7, 11) is 1.67. The SMILES string of the molecule is CCc1nc(-n2nccn2)cc2cc(OC)ccc12. The highest BCUT2D eigenvalue weighted by atomic mass is 16.5. The molecule has 0 radical (unpaired) electrons. The summed E-state index contributed by atoms with van der Waals surface area (Å²) in [4.78, 5) is 6.14. The molecular formula is C14H14N4O. The zero-order valence-electron chi connectivity index (χ0n) is 10.9. The van der Waals surface area contributed by atoms with E-state index < -0.39 is 0 Å². The Morgan fingerprint density at radius 3 is 2.63 bits per heavy atom. The van der Waals surface area contributed by atoms with Gasteiger partial charge in [-0.15, -0.1) is 4.80 Å². The number of rotatable bonds is 3. The van der Waals surface area contributed by atoms with Crippen LogP contribution in [0.2, 0.25) is 0 Å². The van der Waals surface area contributed by atoms with Crippen LogP contribution in [-0.2, 0) is 6.42 Å². The number of pyridine rings is 1. The highest BCUT2D eigenvalue weighted by Gasteiger charge is 2.08. The molecule has 0 saturated heterocycles. The molecule has 0 fully saturated rings. The van der Waals surface area contributed by atoms with Gasteiger partial charge in [0.05, 0.1) is 25.2 Å². The van der Waals surface area contributed by atoms with E-state index in [1.807, 2.05) is 24.3 Å². The van der Waals surface area contributed by atoms with Crippen LogP contribution in [0.15, 0.2) is 36.7 Å². The predicted molar refractivity (Wildman–Crippen MR) is 72.6 cm³/mol. The normalized spacial score (nSPS) is 10.8. The highest BCUT2D eigenvalue weighted by Crippen LogP contribution is 2.24. The van der Waals surface area contributed by atoms with Gasteiger partial charge in [-0.05, 0) is 36.1 Å². The van der Waals surface area contributed by atoms with Gasteiger partial charge in [0.1, 0.15) is 5.75 Å². The van der Waals surface area contributed by atoms with E-state index in [2.05, 4.69) is 22.1 Å². The lowest BCUT2D eigenvalue weighted by Crippen LogP contribution is -2.04. The molecule has 5 heteroatoms. The number of ether oxygens (including phenoxy) is 1. The van der Waals surface area contributed by atoms with Crippen molar-refractivity contribution in [1.29, 1.82) is 0 Å². The van der Waals surface area contributed by atoms with Crippen LogP contribution in [0, 0.1) is 0 Å². The van der Waals surface area contributed by atoms with Crippen LogP contribution in [0.3, 0.4) is 0 Å². The molecular weight excluding hydrogens is 240 g/mol. The van der Waals surface area contributed by atoms with E-state index in [0.717, 1.165) is 34.5 Å². The zero-order valence-corrected chi connectivity index (χ0v) is 10.9. The van der Waals surface area contributed by atoms with Gasteiger partial charge in [0.25, 0.3) is 0 Å². The number of fused-ring (bicyclic) bond motifs is 1. The summed E-state index contributed by atoms with van der Waals surface area (Å²) in [6, 6.07) is 7.97. The molecule has 3 aromatic rings. The van der Waals surface area contributed by atoms with Crippen molar-refractivity contribution in [3.63, 3.8) is 0 Å². The molecule has 19 heavy (non-hydrogen) atoms. The second-order valence-electron chi connectivity index (χ2n) is 4.19. The van der Waals surface area contributed by atoms with Gasteiger partial charge < -0.3 is 4.74 Å². The number of nitrogens with zero attached hydrogens (tertiary/aromatic N) is 4. The minimum absolute atomic E-state index is 0.725. The maximum atomic E-state index is 5.27. The summed E-state index contributed by atoms with van der Waals surface area (Å²) < 4.78 is 5.27. The van der Waals surface area contributed by atoms with Crippen LogP contribution in [-0.4, -0.2) is 27.1 Å². The number of hydrogen-bond donors (Lipinski definition) is 0. The smallest absolute Gasteiger partial charge is 0.175 e. The molecule has 2 heterocycles. The molecule has 0 atom stereocenters. The van der Waals surface area contributed by atoms with Gasteiger partial charge in [0.15, 0.2) is 5.82 Å². The fourth-order valence-electron chi connectivity index (χ4n) is 2.13. The molecule has 3 rings (SSSR count). The summed E-state index contributed by atoms with van der Waals surface area (Å²) >= 11 is 0. The third-order valence-electron chi connectivity index (χ3n) is 3.06. The first-order valence-electron chi connectivity index (χ1n) is 6.16. The van der Waals surface area contributed by atoms with Crippen LogP contribution in [0.25, 0.3) is 16.6 Å². The number of benzene rings is 1. The fraction of sp³-hybridized carbons (Fsp3) is 0.214. The molecule has 0 amide bonds. The maximum absolute atomic E-state index is 5.27. The van der Waals surface area contributed by atoms with Gasteiger partial charge in [-0.3, -0.25) is 0 Å². The van der Waals surface area contributed by atoms with E-state index in [0.29, 0.717) is 0 Å². The zero-order chi connectivity index (χ0) is 13.2. The molecule has 96 valence electrons. The van der Waals surface area contributed by atoms with Crippen LogP contribution < -0.4 is 4.74 Å². The second-order valence-corrected chi connectivity index (χ2v) is 4.19. The summed E-state index contributed by atoms with van der Waals surface area (Å²) in [5, 5.41) is 10.5. The molecule has 1 aromatic carbocycles. The van der Waals surface area contributed by atoms with E-state index >= 15 is 0 Å². The van der Waals surface area contributed by atoms with Crippen molar-refractivity contribution in [2.45, 2.75) is 13.3 Å². The maximum Gasteiger partial charge on any atom is 0.175 e. The van der Waals surface area contributed by atoms with Crippen LogP contribution in [0.5, 0.6) is 5.75 Å². The fourth-order valence-corrected chi connectivity index (χ4v) is 2.13. The molecule has 0 aliphatic carbocycles. The molecule has 0 aliphatic heterocycles. The lowest BCUT2D eigenvalue weighted by atomic mass is 10.1. The van der Waals surface area contributed by atoms with Crippen LogP contribution >= 0.6 is 0 Å². The van der Waals surface area contributed by atoms with E-state index in [1.54, 1.807) is 19.5 Å². The van der Waals surface area contributed by atoms with Crippen molar-refractivity contribution in [2.75, 3.05) is 7.11 Å². The van der Waals surface area contributed by atoms with Gasteiger partial charge in [0, 0.05) is 5.39 Å². The number of aryl methyl sites for hydroxylation is 1. The van der Waals surface area contributed by atoms with Crippen LogP contribution in [0.4, 0.5) is 0 Å². The first kappa shape index (κ1) is 11.6. The second kappa shape index (κ2) is 4.68. The summed E-state index contributed by atoms with van der Waals surface area (Å²) in [5.41, 5.74) is 1.03. The third kappa shape index (κ3) is 2.03. The highest BCUT2D eigenvalue weighted by molar-refractivity contribution is 5.87. The molecule has 0 bridgehead atoms. The van der Waals surface area contributed by atoms with Gasteiger partial charge in [0.2, 0.25) is 0 Å². The largest absolute Gasteiger partial charge is 0.497 e. The Hall–Kier alpha value is -2.43. The number of methoxy groups -OCH3 is 1. The van der Waals surface area contributed by atoms with Gasteiger partial charge >= 0.3 is 0 Å². The quantitative estimate of drug-likeness (QED) is 0.720. The standard InChI is InChI=1S/C14H14N4O/c1-3-13-12-5-4-11(19-2)8-10(12)9-14(17-13)18-15-6-7-16-18/h4-9H,3H2,1-2H3. The average molecular weight is 254 g/mol. The van der Waals surface area contributed by atoms with E-state index in [1.165, 1.54) is 4.80 Å². The molecule has 0 aliphatic rings. The third-order valence-corrected chi connectivity index (χ3v) is 3.06. The molecule has 0 unspecified atom stereocenters. The lowest BCUT2D eigenvalue weighted by molar-refractivity contribution is 0.415. The number of hydrogen-bond acceptors (Lipinski definition) is 4. The van der Waals surface area contributed by atoms with Gasteiger partial charge in [-0.1, -0.05) is 6.92 Å². The van der Waals surface area contributed by atoms with Crippen LogP contribution in [0.1, 0.15) is 12.6 Å². The Morgan fingerprint density at radius 1 is 1.16 bits per heavy atom. The van der Waals surface area contributed by atoms with Crippen molar-refractivity contribution in [3.8, 4) is 11.6 Å². The molecule has 2 aromatic heterocycles. The number of aromatic nitrogens is 4. The Kier molecular flexibility index (Phi) is 2.87. The van der Waals surface area contributed by atoms with Gasteiger partial charge in [-0.2, -0.15) is 10.2 Å². The summed E-state index contributed by atoms with van der Waals surface area (Å²) in [5.74, 6) is 1.56. The summed E-state index contributed by atoms with van der Waals surface area (Å²) in [6.45, 7) is 2.09. The molecule has 0 N–H and O–H groups in total. The van der Waals surface area contributed by atoms with E-state index in [9.17, 15) is 0 Å². The Balaban J connectivity index is 2.25. The molecule has 5 nitrogen and oxygen atoms in total. The Morgan fingerprint density at radius 2 is 1.95 bits per heavy atom. The average Bonchev–Trinajstić information content (AvgIpc) is 2.99. The lowest BCUT2D eigenvalue weighted by Gasteiger charge is -2.08. The predicted octanol–water partition coefficient (Wildman–Crippen LogP) is 2.39. The van der Waals surface area contributed by atoms with Crippen molar-refractivity contribution >= 4 is 10.8 Å². The minimum Gasteiger partial charge on any atom is -0.497 e. The first-order chi connectivity index (χ1) is 9.31. The topological polar surface area (TPSA) is 52.8 Å². The summed E-state index contributed by atoms with van der Waals surface area (Å²) in [6.07, 6.45) is 4.14. The van der Waals surface area contributed by atoms with Crippen molar-refractivity contribution in [3.05, 3.63) is 42.4 Å². The van der Waals surface area contributed by atoms with E-state index in [-0.39, 0.29) is 0 Å².